The molecule has 0 saturated carbocycles. The Labute approximate surface area is 180 Å². The van der Waals surface area contributed by atoms with E-state index in [4.69, 9.17) is 16.6 Å². The summed E-state index contributed by atoms with van der Waals surface area (Å²) in [4.78, 5) is 7.31. The maximum Gasteiger partial charge on any atom is 0.0950 e. The number of fused-ring (bicyclic) bond motifs is 3. The molecule has 2 aromatic carbocycles. The zero-order valence-electron chi connectivity index (χ0n) is 16.8. The van der Waals surface area contributed by atoms with Crippen LogP contribution in [0.1, 0.15) is 21.8 Å². The van der Waals surface area contributed by atoms with Crippen molar-refractivity contribution in [3.05, 3.63) is 74.7 Å². The molecule has 0 spiro atoms. The number of hydrogen-bond donors (Lipinski definition) is 0. The molecule has 0 atom stereocenters. The summed E-state index contributed by atoms with van der Waals surface area (Å²) in [7, 11) is 2.22. The highest BCUT2D eigenvalue weighted by Gasteiger charge is 2.22. The molecule has 148 valence electrons. The van der Waals surface area contributed by atoms with Gasteiger partial charge in [0.15, 0.2) is 0 Å². The molecule has 0 saturated heterocycles. The van der Waals surface area contributed by atoms with Crippen molar-refractivity contribution in [1.29, 1.82) is 0 Å². The fourth-order valence-electron chi connectivity index (χ4n) is 4.34. The molecule has 0 radical (unpaired) electrons. The number of aromatic nitrogens is 2. The second-order valence-corrected chi connectivity index (χ2v) is 9.35. The van der Waals surface area contributed by atoms with Crippen LogP contribution >= 0.6 is 22.9 Å². The van der Waals surface area contributed by atoms with E-state index in [1.165, 1.54) is 32.7 Å². The van der Waals surface area contributed by atoms with E-state index >= 15 is 0 Å². The molecule has 3 nitrogen and oxygen atoms in total. The molecule has 0 amide bonds. The van der Waals surface area contributed by atoms with Crippen LogP contribution < -0.4 is 0 Å². The van der Waals surface area contributed by atoms with E-state index in [0.717, 1.165) is 48.8 Å². The molecule has 0 aliphatic carbocycles. The van der Waals surface area contributed by atoms with Gasteiger partial charge >= 0.3 is 0 Å². The first-order chi connectivity index (χ1) is 14.1. The van der Waals surface area contributed by atoms with Gasteiger partial charge in [-0.05, 0) is 43.8 Å². The van der Waals surface area contributed by atoms with Crippen LogP contribution in [0, 0.1) is 6.92 Å². The molecular weight excluding hydrogens is 398 g/mol. The predicted molar refractivity (Wildman–Crippen MR) is 123 cm³/mol. The molecular formula is C24H24ClN3S. The Morgan fingerprint density at radius 3 is 2.79 bits per heavy atom. The second kappa shape index (κ2) is 7.60. The minimum absolute atomic E-state index is 0.759. The molecule has 5 heteroatoms. The highest BCUT2D eigenvalue weighted by molar-refractivity contribution is 7.09. The molecule has 3 heterocycles. The topological polar surface area (TPSA) is 21.1 Å². The van der Waals surface area contributed by atoms with E-state index in [2.05, 4.69) is 47.0 Å². The SMILES string of the molecule is Cc1ccc2c(c1)c1c(n2CCc2nc(-c3ccc(Cl)cc3)cs2)CCN(C)C1. The van der Waals surface area contributed by atoms with Gasteiger partial charge in [0.2, 0.25) is 0 Å². The lowest BCUT2D eigenvalue weighted by atomic mass is 10.0. The quantitative estimate of drug-likeness (QED) is 0.405. The molecule has 5 rings (SSSR count). The maximum atomic E-state index is 6.01. The molecule has 2 aromatic heterocycles. The lowest BCUT2D eigenvalue weighted by Gasteiger charge is -2.24. The summed E-state index contributed by atoms with van der Waals surface area (Å²) in [5.74, 6) is 0. The lowest BCUT2D eigenvalue weighted by molar-refractivity contribution is 0.309. The standard InChI is InChI=1S/C24H24ClN3S/c1-16-3-8-22-19(13-16)20-14-27(2)11-9-23(20)28(22)12-10-24-26-21(15-29-24)17-4-6-18(25)7-5-17/h3-8,13,15H,9-12,14H2,1-2H3. The lowest BCUT2D eigenvalue weighted by Crippen LogP contribution is -2.27. The monoisotopic (exact) mass is 421 g/mol. The van der Waals surface area contributed by atoms with Gasteiger partial charge < -0.3 is 9.47 Å². The Hall–Kier alpha value is -2.14. The molecule has 0 unspecified atom stereocenters. The zero-order chi connectivity index (χ0) is 20.0. The third kappa shape index (κ3) is 3.61. The summed E-state index contributed by atoms with van der Waals surface area (Å²) in [6, 6.07) is 14.8. The number of rotatable bonds is 4. The fraction of sp³-hybridized carbons (Fsp3) is 0.292. The molecule has 1 aliphatic rings. The van der Waals surface area contributed by atoms with Crippen LogP contribution in [0.15, 0.2) is 47.8 Å². The van der Waals surface area contributed by atoms with Gasteiger partial charge in [-0.3, -0.25) is 0 Å². The fourth-order valence-corrected chi connectivity index (χ4v) is 5.26. The zero-order valence-corrected chi connectivity index (χ0v) is 18.4. The highest BCUT2D eigenvalue weighted by atomic mass is 35.5. The number of benzene rings is 2. The minimum Gasteiger partial charge on any atom is -0.344 e. The average Bonchev–Trinajstić information content (AvgIpc) is 3.29. The van der Waals surface area contributed by atoms with E-state index in [9.17, 15) is 0 Å². The van der Waals surface area contributed by atoms with Gasteiger partial charge in [-0.15, -0.1) is 11.3 Å². The molecule has 29 heavy (non-hydrogen) atoms. The van der Waals surface area contributed by atoms with E-state index in [1.54, 1.807) is 11.3 Å². The summed E-state index contributed by atoms with van der Waals surface area (Å²) in [6.07, 6.45) is 2.08. The molecule has 1 aliphatic heterocycles. The summed E-state index contributed by atoms with van der Waals surface area (Å²) < 4.78 is 2.54. The van der Waals surface area contributed by atoms with Gasteiger partial charge in [0, 0.05) is 65.0 Å². The molecule has 0 fully saturated rings. The van der Waals surface area contributed by atoms with Gasteiger partial charge in [-0.2, -0.15) is 0 Å². The molecule has 0 N–H and O–H groups in total. The van der Waals surface area contributed by atoms with E-state index in [0.29, 0.717) is 0 Å². The number of likely N-dealkylation sites (N-methyl/N-ethyl adjacent to an activating group) is 1. The molecule has 4 aromatic rings. The smallest absolute Gasteiger partial charge is 0.0950 e. The largest absolute Gasteiger partial charge is 0.344 e. The van der Waals surface area contributed by atoms with Crippen LogP contribution in [0.25, 0.3) is 22.2 Å². The van der Waals surface area contributed by atoms with Crippen molar-refractivity contribution in [2.24, 2.45) is 0 Å². The number of hydrogen-bond acceptors (Lipinski definition) is 3. The third-order valence-corrected chi connectivity index (χ3v) is 7.00. The van der Waals surface area contributed by atoms with Crippen molar-refractivity contribution in [2.45, 2.75) is 32.9 Å². The highest BCUT2D eigenvalue weighted by Crippen LogP contribution is 2.32. The van der Waals surface area contributed by atoms with Gasteiger partial charge in [0.05, 0.1) is 10.7 Å². The Bertz CT molecular complexity index is 1170. The van der Waals surface area contributed by atoms with Gasteiger partial charge in [-0.1, -0.05) is 35.4 Å². The Morgan fingerprint density at radius 1 is 1.14 bits per heavy atom. The summed E-state index contributed by atoms with van der Waals surface area (Å²) in [5.41, 5.74) is 7.89. The number of aryl methyl sites for hydroxylation is 3. The first-order valence-electron chi connectivity index (χ1n) is 10.1. The van der Waals surface area contributed by atoms with Crippen LogP contribution in [-0.4, -0.2) is 28.0 Å². The average molecular weight is 422 g/mol. The maximum absolute atomic E-state index is 6.01. The summed E-state index contributed by atoms with van der Waals surface area (Å²) in [5, 5.41) is 5.52. The van der Waals surface area contributed by atoms with Crippen molar-refractivity contribution in [3.63, 3.8) is 0 Å². The third-order valence-electron chi connectivity index (χ3n) is 5.84. The van der Waals surface area contributed by atoms with Crippen molar-refractivity contribution in [1.82, 2.24) is 14.5 Å². The van der Waals surface area contributed by atoms with E-state index in [1.807, 2.05) is 24.3 Å². The first kappa shape index (κ1) is 18.9. The Kier molecular flexibility index (Phi) is 4.94. The van der Waals surface area contributed by atoms with Gasteiger partial charge in [0.1, 0.15) is 0 Å². The van der Waals surface area contributed by atoms with Gasteiger partial charge in [0.25, 0.3) is 0 Å². The van der Waals surface area contributed by atoms with Crippen LogP contribution in [0.2, 0.25) is 5.02 Å². The summed E-state index contributed by atoms with van der Waals surface area (Å²) in [6.45, 7) is 5.33. The van der Waals surface area contributed by atoms with Crippen LogP contribution in [0.4, 0.5) is 0 Å². The van der Waals surface area contributed by atoms with Crippen molar-refractivity contribution >= 4 is 33.8 Å². The van der Waals surface area contributed by atoms with E-state index in [-0.39, 0.29) is 0 Å². The predicted octanol–water partition coefficient (Wildman–Crippen LogP) is 5.96. The van der Waals surface area contributed by atoms with E-state index < -0.39 is 0 Å². The normalized spacial score (nSPS) is 14.4. The van der Waals surface area contributed by atoms with Crippen molar-refractivity contribution < 1.29 is 0 Å². The minimum atomic E-state index is 0.759. The van der Waals surface area contributed by atoms with Crippen LogP contribution in [0.3, 0.4) is 0 Å². The number of nitrogens with zero attached hydrogens (tertiary/aromatic N) is 3. The second-order valence-electron chi connectivity index (χ2n) is 7.97. The Morgan fingerprint density at radius 2 is 1.97 bits per heavy atom. The van der Waals surface area contributed by atoms with Crippen molar-refractivity contribution in [2.75, 3.05) is 13.6 Å². The Balaban J connectivity index is 1.43. The summed E-state index contributed by atoms with van der Waals surface area (Å²) >= 11 is 7.76. The molecule has 0 bridgehead atoms. The van der Waals surface area contributed by atoms with Crippen molar-refractivity contribution in [3.8, 4) is 11.3 Å². The van der Waals surface area contributed by atoms with Gasteiger partial charge in [-0.25, -0.2) is 4.98 Å². The number of halogens is 1. The van der Waals surface area contributed by atoms with Crippen LogP contribution in [0.5, 0.6) is 0 Å². The number of thiazole rings is 1. The van der Waals surface area contributed by atoms with Crippen LogP contribution in [-0.2, 0) is 25.9 Å². The first-order valence-corrected chi connectivity index (χ1v) is 11.3.